The zero-order valence-electron chi connectivity index (χ0n) is 40.5. The lowest BCUT2D eigenvalue weighted by Crippen LogP contribution is -2.61. The number of hydrogen-bond acceptors (Lipinski definition) is 3. The first-order valence-corrected chi connectivity index (χ1v) is 25.6. The lowest BCUT2D eigenvalue weighted by atomic mass is 9.33. The molecule has 344 valence electrons. The molecule has 2 aliphatic heterocycles. The van der Waals surface area contributed by atoms with E-state index in [2.05, 4.69) is 294 Å². The summed E-state index contributed by atoms with van der Waals surface area (Å²) in [4.78, 5) is 7.61. The minimum absolute atomic E-state index is 0.0852. The van der Waals surface area contributed by atoms with Crippen molar-refractivity contribution >= 4 is 117 Å². The Hall–Kier alpha value is -9.64. The molecular weight excluding hydrogens is 894 g/mol. The molecule has 2 aliphatic rings. The Morgan fingerprint density at radius 2 is 0.608 bits per heavy atom. The first-order chi connectivity index (χ1) is 36.7. The highest BCUT2D eigenvalue weighted by molar-refractivity contribution is 7.00. The average Bonchev–Trinajstić information content (AvgIpc) is 3.46. The molecule has 2 heterocycles. The van der Waals surface area contributed by atoms with Crippen LogP contribution < -0.4 is 31.1 Å². The molecule has 0 atom stereocenters. The summed E-state index contributed by atoms with van der Waals surface area (Å²) in [7, 11) is 0. The van der Waals surface area contributed by atoms with Crippen LogP contribution in [0.25, 0.3) is 65.3 Å². The average molecular weight is 940 g/mol. The zero-order chi connectivity index (χ0) is 48.7. The SMILES string of the molecule is c1ccc(-c2cccc(N(c3cccc(-c4ccccc4)c3)c3cc4c5c(c3)N(c3ccc6ccccc6c3)c3cc6ccccc6cc3B5c3cc5ccccc5cc3N4c3ccc4ccccc4c3)c2)cc1. The summed E-state index contributed by atoms with van der Waals surface area (Å²) in [5, 5.41) is 9.71. The minimum Gasteiger partial charge on any atom is -0.311 e. The maximum atomic E-state index is 2.57. The van der Waals surface area contributed by atoms with Gasteiger partial charge in [-0.25, -0.2) is 0 Å². The van der Waals surface area contributed by atoms with Gasteiger partial charge in [0.25, 0.3) is 6.71 Å². The molecule has 0 radical (unpaired) electrons. The number of fused-ring (bicyclic) bond motifs is 8. The van der Waals surface area contributed by atoms with Gasteiger partial charge in [0.2, 0.25) is 0 Å². The first-order valence-electron chi connectivity index (χ1n) is 25.6. The molecule has 0 saturated heterocycles. The highest BCUT2D eigenvalue weighted by Crippen LogP contribution is 2.50. The third-order valence-electron chi connectivity index (χ3n) is 15.4. The molecule has 4 heteroatoms. The first kappa shape index (κ1) is 42.1. The van der Waals surface area contributed by atoms with E-state index in [-0.39, 0.29) is 6.71 Å². The molecule has 74 heavy (non-hydrogen) atoms. The maximum absolute atomic E-state index is 2.57. The van der Waals surface area contributed by atoms with E-state index in [0.29, 0.717) is 0 Å². The van der Waals surface area contributed by atoms with Crippen LogP contribution in [0, 0.1) is 0 Å². The van der Waals surface area contributed by atoms with Crippen LogP contribution in [-0.2, 0) is 0 Å². The third kappa shape index (κ3) is 6.91. The molecule has 0 saturated carbocycles. The number of rotatable bonds is 7. The van der Waals surface area contributed by atoms with Gasteiger partial charge in [0.15, 0.2) is 0 Å². The zero-order valence-corrected chi connectivity index (χ0v) is 40.5. The van der Waals surface area contributed by atoms with Gasteiger partial charge in [0, 0.05) is 45.5 Å². The van der Waals surface area contributed by atoms with Gasteiger partial charge in [-0.15, -0.1) is 0 Å². The normalized spacial score (nSPS) is 12.5. The van der Waals surface area contributed by atoms with E-state index in [1.807, 2.05) is 0 Å². The van der Waals surface area contributed by atoms with E-state index < -0.39 is 0 Å². The van der Waals surface area contributed by atoms with Crippen molar-refractivity contribution in [3.8, 4) is 22.3 Å². The Kier molecular flexibility index (Phi) is 9.67. The predicted octanol–water partition coefficient (Wildman–Crippen LogP) is 17.2. The predicted molar refractivity (Wildman–Crippen MR) is 316 cm³/mol. The van der Waals surface area contributed by atoms with E-state index in [1.165, 1.54) is 82.0 Å². The monoisotopic (exact) mass is 939 g/mol. The van der Waals surface area contributed by atoms with E-state index in [0.717, 1.165) is 50.9 Å². The molecular formula is C70H46BN3. The van der Waals surface area contributed by atoms with Crippen LogP contribution in [0.2, 0.25) is 0 Å². The molecule has 0 aliphatic carbocycles. The fourth-order valence-corrected chi connectivity index (χ4v) is 12.0. The summed E-state index contributed by atoms with van der Waals surface area (Å²) in [5.41, 5.74) is 18.6. The van der Waals surface area contributed by atoms with Crippen molar-refractivity contribution in [2.24, 2.45) is 0 Å². The molecule has 0 amide bonds. The van der Waals surface area contributed by atoms with Gasteiger partial charge in [-0.2, -0.15) is 0 Å². The Morgan fingerprint density at radius 1 is 0.243 bits per heavy atom. The largest absolute Gasteiger partial charge is 0.311 e. The van der Waals surface area contributed by atoms with Crippen molar-refractivity contribution in [1.29, 1.82) is 0 Å². The molecule has 13 aromatic rings. The molecule has 3 nitrogen and oxygen atoms in total. The third-order valence-corrected chi connectivity index (χ3v) is 15.4. The minimum atomic E-state index is -0.0852. The topological polar surface area (TPSA) is 9.72 Å². The molecule has 0 unspecified atom stereocenters. The van der Waals surface area contributed by atoms with Gasteiger partial charge in [-0.1, -0.05) is 206 Å². The van der Waals surface area contributed by atoms with Crippen LogP contribution in [0.1, 0.15) is 0 Å². The van der Waals surface area contributed by atoms with E-state index in [4.69, 9.17) is 0 Å². The second-order valence-electron chi connectivity index (χ2n) is 19.7. The Morgan fingerprint density at radius 3 is 1.04 bits per heavy atom. The molecule has 15 rings (SSSR count). The van der Waals surface area contributed by atoms with Gasteiger partial charge in [-0.3, -0.25) is 0 Å². The summed E-state index contributed by atoms with van der Waals surface area (Å²) < 4.78 is 0. The van der Waals surface area contributed by atoms with E-state index in [1.54, 1.807) is 0 Å². The number of hydrogen-bond donors (Lipinski definition) is 0. The standard InChI is InChI=1S/C70H46BN3/c1-3-17-47(18-4-1)53-29-15-31-59(37-53)72(60-32-16-30-54(38-60)48-19-5-2-6-20-48)63-45-68-70-69(46-63)74(62-36-34-50-22-8-10-24-52(50)40-62)67-44-58-28-14-12-26-56(58)42-65(67)71(70)64-41-55-25-11-13-27-57(55)43-66(64)73(68)61-35-33-49-21-7-9-23-51(49)39-61/h1-46H. The summed E-state index contributed by atoms with van der Waals surface area (Å²) in [5.74, 6) is 0. The maximum Gasteiger partial charge on any atom is 0.252 e. The summed E-state index contributed by atoms with van der Waals surface area (Å²) in [6, 6.07) is 104. The fraction of sp³-hybridized carbons (Fsp3) is 0. The van der Waals surface area contributed by atoms with Crippen molar-refractivity contribution in [2.75, 3.05) is 14.7 Å². The van der Waals surface area contributed by atoms with Crippen LogP contribution >= 0.6 is 0 Å². The van der Waals surface area contributed by atoms with Gasteiger partial charge < -0.3 is 14.7 Å². The summed E-state index contributed by atoms with van der Waals surface area (Å²) in [6.07, 6.45) is 0. The molecule has 0 fully saturated rings. The van der Waals surface area contributed by atoms with Gasteiger partial charge in [-0.05, 0) is 155 Å². The molecule has 0 N–H and O–H groups in total. The van der Waals surface area contributed by atoms with Crippen LogP contribution in [0.3, 0.4) is 0 Å². The molecule has 13 aromatic carbocycles. The van der Waals surface area contributed by atoms with Crippen LogP contribution in [0.15, 0.2) is 279 Å². The van der Waals surface area contributed by atoms with Crippen molar-refractivity contribution in [3.05, 3.63) is 279 Å². The lowest BCUT2D eigenvalue weighted by Gasteiger charge is -2.45. The fourth-order valence-electron chi connectivity index (χ4n) is 12.0. The van der Waals surface area contributed by atoms with Crippen molar-refractivity contribution in [3.63, 3.8) is 0 Å². The van der Waals surface area contributed by atoms with Crippen molar-refractivity contribution in [1.82, 2.24) is 0 Å². The van der Waals surface area contributed by atoms with Gasteiger partial charge >= 0.3 is 0 Å². The van der Waals surface area contributed by atoms with Gasteiger partial charge in [0.05, 0.1) is 5.69 Å². The highest BCUT2D eigenvalue weighted by atomic mass is 15.2. The molecule has 0 aromatic heterocycles. The van der Waals surface area contributed by atoms with E-state index in [9.17, 15) is 0 Å². The summed E-state index contributed by atoms with van der Waals surface area (Å²) >= 11 is 0. The van der Waals surface area contributed by atoms with Crippen molar-refractivity contribution < 1.29 is 0 Å². The van der Waals surface area contributed by atoms with Crippen LogP contribution in [-0.4, -0.2) is 6.71 Å². The van der Waals surface area contributed by atoms with E-state index >= 15 is 0 Å². The van der Waals surface area contributed by atoms with Crippen LogP contribution in [0.4, 0.5) is 51.2 Å². The highest BCUT2D eigenvalue weighted by Gasteiger charge is 2.44. The molecule has 0 bridgehead atoms. The van der Waals surface area contributed by atoms with Gasteiger partial charge in [0.1, 0.15) is 0 Å². The number of benzene rings is 13. The Labute approximate surface area is 431 Å². The Bertz CT molecular complexity index is 4080. The second kappa shape index (κ2) is 17.0. The summed E-state index contributed by atoms with van der Waals surface area (Å²) in [6.45, 7) is -0.0852. The number of nitrogens with zero attached hydrogens (tertiary/aromatic N) is 3. The number of anilines is 9. The van der Waals surface area contributed by atoms with Crippen LogP contribution in [0.5, 0.6) is 0 Å². The quantitative estimate of drug-likeness (QED) is 0.147. The lowest BCUT2D eigenvalue weighted by molar-refractivity contribution is 1.23. The second-order valence-corrected chi connectivity index (χ2v) is 19.7. The molecule has 0 spiro atoms. The smallest absolute Gasteiger partial charge is 0.252 e. The Balaban J connectivity index is 1.08. The van der Waals surface area contributed by atoms with Crippen molar-refractivity contribution in [2.45, 2.75) is 0 Å².